The molecule has 1 amide bonds. The molecule has 2 heterocycles. The van der Waals surface area contributed by atoms with Gasteiger partial charge in [-0.05, 0) is 49.9 Å². The molecule has 1 aromatic heterocycles. The summed E-state index contributed by atoms with van der Waals surface area (Å²) in [5.41, 5.74) is 2.70. The van der Waals surface area contributed by atoms with Crippen molar-refractivity contribution in [3.8, 4) is 0 Å². The Morgan fingerprint density at radius 1 is 1.18 bits per heavy atom. The maximum absolute atomic E-state index is 13.0. The lowest BCUT2D eigenvalue weighted by atomic mass is 10.0. The van der Waals surface area contributed by atoms with Crippen molar-refractivity contribution in [2.24, 2.45) is 0 Å². The molecule has 6 nitrogen and oxygen atoms in total. The van der Waals surface area contributed by atoms with Crippen molar-refractivity contribution in [1.82, 2.24) is 14.8 Å². The van der Waals surface area contributed by atoms with E-state index in [1.54, 1.807) is 11.8 Å². The van der Waals surface area contributed by atoms with E-state index in [4.69, 9.17) is 0 Å². The minimum absolute atomic E-state index is 0.0436. The van der Waals surface area contributed by atoms with Crippen LogP contribution in [0.4, 0.5) is 5.69 Å². The van der Waals surface area contributed by atoms with Crippen LogP contribution in [0.5, 0.6) is 0 Å². The highest BCUT2D eigenvalue weighted by atomic mass is 32.2. The molecule has 0 spiro atoms. The Morgan fingerprint density at radius 2 is 1.93 bits per heavy atom. The number of rotatable bonds is 6. The molecule has 1 saturated carbocycles. The van der Waals surface area contributed by atoms with E-state index < -0.39 is 0 Å². The molecule has 1 fully saturated rings. The van der Waals surface area contributed by atoms with Gasteiger partial charge in [0.25, 0.3) is 0 Å². The van der Waals surface area contributed by atoms with Gasteiger partial charge in [-0.25, -0.2) is 0 Å². The van der Waals surface area contributed by atoms with Gasteiger partial charge in [-0.2, -0.15) is 0 Å². The first-order valence-electron chi connectivity index (χ1n) is 9.93. The number of hydrogen-bond acceptors (Lipinski definition) is 5. The fourth-order valence-corrected chi connectivity index (χ4v) is 4.77. The van der Waals surface area contributed by atoms with Crippen LogP contribution in [-0.2, 0) is 11.2 Å². The first kappa shape index (κ1) is 19.2. The Kier molecular flexibility index (Phi) is 5.04. The Morgan fingerprint density at radius 3 is 2.57 bits per heavy atom. The zero-order valence-electron chi connectivity index (χ0n) is 16.8. The summed E-state index contributed by atoms with van der Waals surface area (Å²) in [6, 6.07) is 6.17. The zero-order valence-corrected chi connectivity index (χ0v) is 17.6. The molecule has 0 radical (unpaired) electrons. The van der Waals surface area contributed by atoms with Gasteiger partial charge in [-0.1, -0.05) is 25.6 Å². The lowest BCUT2D eigenvalue weighted by Crippen LogP contribution is -2.25. The number of carbonyl (C=O) groups is 2. The Labute approximate surface area is 169 Å². The standard InChI is InChI=1S/C21H26N4O2S/c1-12(2)20-22-23-21(25(20)17-6-7-17)28-13(3)19(27)16-5-8-18-15(11-16)9-10-24(18)14(4)26/h5,8,11-13,17H,6-7,9-10H2,1-4H3/t13-/m0/s1. The third-order valence-electron chi connectivity index (χ3n) is 5.41. The van der Waals surface area contributed by atoms with Crippen molar-refractivity contribution in [2.75, 3.05) is 11.4 Å². The second-order valence-corrected chi connectivity index (χ2v) is 9.29. The van der Waals surface area contributed by atoms with Crippen LogP contribution in [0.1, 0.15) is 74.2 Å². The molecular weight excluding hydrogens is 372 g/mol. The van der Waals surface area contributed by atoms with Gasteiger partial charge >= 0.3 is 0 Å². The van der Waals surface area contributed by atoms with Crippen molar-refractivity contribution < 1.29 is 9.59 Å². The third kappa shape index (κ3) is 3.48. The molecule has 1 aromatic carbocycles. The number of fused-ring (bicyclic) bond motifs is 1. The number of benzene rings is 1. The van der Waals surface area contributed by atoms with Crippen LogP contribution < -0.4 is 4.90 Å². The van der Waals surface area contributed by atoms with E-state index in [9.17, 15) is 9.59 Å². The van der Waals surface area contributed by atoms with Gasteiger partial charge in [0, 0.05) is 36.7 Å². The second kappa shape index (κ2) is 7.35. The largest absolute Gasteiger partial charge is 0.312 e. The summed E-state index contributed by atoms with van der Waals surface area (Å²) in [5, 5.41) is 9.36. The Bertz CT molecular complexity index is 932. The number of nitrogens with zero attached hydrogens (tertiary/aromatic N) is 4. The average molecular weight is 399 g/mol. The minimum Gasteiger partial charge on any atom is -0.312 e. The van der Waals surface area contributed by atoms with Gasteiger partial charge < -0.3 is 9.47 Å². The zero-order chi connectivity index (χ0) is 20.0. The van der Waals surface area contributed by atoms with Gasteiger partial charge in [0.05, 0.1) is 5.25 Å². The predicted octanol–water partition coefficient (Wildman–Crippen LogP) is 4.01. The molecule has 1 aliphatic heterocycles. The van der Waals surface area contributed by atoms with Crippen LogP contribution in [0.2, 0.25) is 0 Å². The maximum atomic E-state index is 13.0. The van der Waals surface area contributed by atoms with E-state index in [1.807, 2.05) is 25.1 Å². The molecule has 7 heteroatoms. The number of ketones is 1. The van der Waals surface area contributed by atoms with Crippen molar-refractivity contribution >= 4 is 29.1 Å². The molecule has 0 unspecified atom stereocenters. The molecule has 0 N–H and O–H groups in total. The first-order valence-corrected chi connectivity index (χ1v) is 10.8. The summed E-state index contributed by atoms with van der Waals surface area (Å²) < 4.78 is 2.23. The normalized spacial score (nSPS) is 17.1. The predicted molar refractivity (Wildman–Crippen MR) is 110 cm³/mol. The number of aromatic nitrogens is 3. The van der Waals surface area contributed by atoms with Gasteiger partial charge in [-0.15, -0.1) is 10.2 Å². The topological polar surface area (TPSA) is 68.1 Å². The van der Waals surface area contributed by atoms with Gasteiger partial charge in [0.1, 0.15) is 5.82 Å². The molecular formula is C21H26N4O2S. The molecule has 2 aliphatic rings. The van der Waals surface area contributed by atoms with E-state index in [0.717, 1.165) is 41.5 Å². The number of amides is 1. The number of Topliss-reactive ketones (excluding diaryl/α,β-unsaturated/α-hetero) is 1. The average Bonchev–Trinajstić information content (AvgIpc) is 3.26. The monoisotopic (exact) mass is 398 g/mol. The summed E-state index contributed by atoms with van der Waals surface area (Å²) >= 11 is 1.49. The molecule has 148 valence electrons. The number of hydrogen-bond donors (Lipinski definition) is 0. The maximum Gasteiger partial charge on any atom is 0.223 e. The fourth-order valence-electron chi connectivity index (χ4n) is 3.77. The number of anilines is 1. The summed E-state index contributed by atoms with van der Waals surface area (Å²) in [4.78, 5) is 26.5. The van der Waals surface area contributed by atoms with E-state index >= 15 is 0 Å². The molecule has 28 heavy (non-hydrogen) atoms. The molecule has 1 aliphatic carbocycles. The smallest absolute Gasteiger partial charge is 0.223 e. The highest BCUT2D eigenvalue weighted by Gasteiger charge is 2.32. The SMILES string of the molecule is CC(=O)N1CCc2cc(C(=O)[C@H](C)Sc3nnc(C(C)C)n3C3CC3)ccc21. The van der Waals surface area contributed by atoms with Gasteiger partial charge in [0.15, 0.2) is 10.9 Å². The van der Waals surface area contributed by atoms with Crippen molar-refractivity contribution in [2.45, 2.75) is 69.3 Å². The third-order valence-corrected chi connectivity index (χ3v) is 6.47. The molecule has 0 saturated heterocycles. The highest BCUT2D eigenvalue weighted by molar-refractivity contribution is 8.00. The summed E-state index contributed by atoms with van der Waals surface area (Å²) in [6.07, 6.45) is 3.11. The van der Waals surface area contributed by atoms with E-state index in [1.165, 1.54) is 11.8 Å². The second-order valence-electron chi connectivity index (χ2n) is 7.99. The van der Waals surface area contributed by atoms with Crippen LogP contribution in [0, 0.1) is 0 Å². The van der Waals surface area contributed by atoms with Crippen LogP contribution in [0.25, 0.3) is 0 Å². The van der Waals surface area contributed by atoms with Crippen LogP contribution in [0.15, 0.2) is 23.4 Å². The van der Waals surface area contributed by atoms with Crippen molar-refractivity contribution in [3.63, 3.8) is 0 Å². The molecule has 0 bridgehead atoms. The number of thioether (sulfide) groups is 1. The quantitative estimate of drug-likeness (QED) is 0.543. The summed E-state index contributed by atoms with van der Waals surface area (Å²) in [5.74, 6) is 1.45. The van der Waals surface area contributed by atoms with Gasteiger partial charge in [-0.3, -0.25) is 9.59 Å². The number of carbonyl (C=O) groups excluding carboxylic acids is 2. The lowest BCUT2D eigenvalue weighted by molar-refractivity contribution is -0.116. The van der Waals surface area contributed by atoms with E-state index in [0.29, 0.717) is 24.1 Å². The minimum atomic E-state index is -0.245. The van der Waals surface area contributed by atoms with E-state index in [2.05, 4.69) is 28.6 Å². The van der Waals surface area contributed by atoms with Crippen molar-refractivity contribution in [1.29, 1.82) is 0 Å². The summed E-state index contributed by atoms with van der Waals surface area (Å²) in [7, 11) is 0. The highest BCUT2D eigenvalue weighted by Crippen LogP contribution is 2.41. The summed E-state index contributed by atoms with van der Waals surface area (Å²) in [6.45, 7) is 8.45. The molecule has 2 aromatic rings. The van der Waals surface area contributed by atoms with Crippen LogP contribution in [0.3, 0.4) is 0 Å². The van der Waals surface area contributed by atoms with Crippen LogP contribution >= 0.6 is 11.8 Å². The Hall–Kier alpha value is -2.15. The Balaban J connectivity index is 1.53. The first-order chi connectivity index (χ1) is 13.4. The molecule has 1 atom stereocenters. The van der Waals surface area contributed by atoms with Crippen molar-refractivity contribution in [3.05, 3.63) is 35.2 Å². The van der Waals surface area contributed by atoms with Gasteiger partial charge in [0.2, 0.25) is 5.91 Å². The molecule has 4 rings (SSSR count). The fraction of sp³-hybridized carbons (Fsp3) is 0.524. The van der Waals surface area contributed by atoms with Crippen LogP contribution in [-0.4, -0.2) is 38.2 Å². The lowest BCUT2D eigenvalue weighted by Gasteiger charge is -2.16. The van der Waals surface area contributed by atoms with E-state index in [-0.39, 0.29) is 16.9 Å².